The van der Waals surface area contributed by atoms with Crippen LogP contribution >= 0.6 is 0 Å². The minimum Gasteiger partial charge on any atom is -0.304 e. The highest BCUT2D eigenvalue weighted by Gasteiger charge is 1.98. The van der Waals surface area contributed by atoms with Gasteiger partial charge in [0.25, 0.3) is 0 Å². The number of rotatable bonds is 4. The lowest BCUT2D eigenvalue weighted by Gasteiger charge is -2.08. The molecule has 1 radical (unpaired) electrons. The summed E-state index contributed by atoms with van der Waals surface area (Å²) in [5, 5.41) is 3.35. The van der Waals surface area contributed by atoms with Crippen molar-refractivity contribution in [1.29, 1.82) is 0 Å². The topological polar surface area (TPSA) is 12.0 Å². The molecule has 0 saturated carbocycles. The van der Waals surface area contributed by atoms with E-state index >= 15 is 0 Å². The molecule has 1 nitrogen and oxygen atoms in total. The smallest absolute Gasteiger partial charge is 0.0521 e. The number of aryl methyl sites for hydroxylation is 2. The van der Waals surface area contributed by atoms with Crippen LogP contribution in [0, 0.1) is 20.4 Å². The van der Waals surface area contributed by atoms with Crippen molar-refractivity contribution in [3.63, 3.8) is 0 Å². The molecule has 0 saturated heterocycles. The summed E-state index contributed by atoms with van der Waals surface area (Å²) in [7, 11) is 0. The number of nitrogens with one attached hydrogen (secondary N) is 1. The molecule has 0 spiro atoms. The van der Waals surface area contributed by atoms with E-state index in [1.165, 1.54) is 22.3 Å². The summed E-state index contributed by atoms with van der Waals surface area (Å²) in [4.78, 5) is 0. The Morgan fingerprint density at radius 2 is 1.76 bits per heavy atom. The van der Waals surface area contributed by atoms with Gasteiger partial charge in [-0.1, -0.05) is 54.1 Å². The van der Waals surface area contributed by atoms with Crippen molar-refractivity contribution >= 4 is 0 Å². The molecule has 2 aromatic carbocycles. The summed E-state index contributed by atoms with van der Waals surface area (Å²) in [5.41, 5.74) is 5.22. The molecule has 0 fully saturated rings. The van der Waals surface area contributed by atoms with E-state index in [0.717, 1.165) is 6.54 Å². The Morgan fingerprint density at radius 1 is 1.00 bits per heavy atom. The van der Waals surface area contributed by atoms with Crippen molar-refractivity contribution in [2.24, 2.45) is 0 Å². The lowest BCUT2D eigenvalue weighted by molar-refractivity contribution is 0.813. The Balaban J connectivity index is 1.90. The van der Waals surface area contributed by atoms with Crippen LogP contribution in [0.1, 0.15) is 22.3 Å². The molecule has 0 aliphatic heterocycles. The van der Waals surface area contributed by atoms with Crippen LogP contribution in [0.2, 0.25) is 0 Å². The summed E-state index contributed by atoms with van der Waals surface area (Å²) in [6.07, 6.45) is 0. The van der Waals surface area contributed by atoms with Gasteiger partial charge in [-0.3, -0.25) is 0 Å². The Hall–Kier alpha value is -1.60. The zero-order chi connectivity index (χ0) is 12.1. The minimum atomic E-state index is 0.876. The number of hydrogen-bond acceptors (Lipinski definition) is 1. The summed E-state index contributed by atoms with van der Waals surface area (Å²) in [6.45, 7) is 7.22. The molecule has 0 aliphatic rings. The Morgan fingerprint density at radius 3 is 2.47 bits per heavy atom. The third-order valence-corrected chi connectivity index (χ3v) is 2.86. The Kier molecular flexibility index (Phi) is 3.94. The first-order chi connectivity index (χ1) is 8.25. The van der Waals surface area contributed by atoms with Crippen molar-refractivity contribution in [2.45, 2.75) is 20.4 Å². The molecule has 0 amide bonds. The van der Waals surface area contributed by atoms with E-state index in [1.54, 1.807) is 0 Å². The monoisotopic (exact) mass is 224 g/mol. The fraction of sp³-hybridized carbons (Fsp3) is 0.188. The third kappa shape index (κ3) is 3.43. The van der Waals surface area contributed by atoms with E-state index in [1.807, 2.05) is 18.2 Å². The van der Waals surface area contributed by atoms with Crippen LogP contribution in [0.15, 0.2) is 48.5 Å². The maximum Gasteiger partial charge on any atom is 0.0521 e. The van der Waals surface area contributed by atoms with Crippen molar-refractivity contribution in [2.75, 3.05) is 0 Å². The van der Waals surface area contributed by atoms with Gasteiger partial charge >= 0.3 is 0 Å². The molecular weight excluding hydrogens is 206 g/mol. The van der Waals surface area contributed by atoms with Crippen LogP contribution < -0.4 is 5.32 Å². The molecule has 0 atom stereocenters. The fourth-order valence-corrected chi connectivity index (χ4v) is 1.87. The first kappa shape index (κ1) is 11.9. The first-order valence-electron chi connectivity index (χ1n) is 5.93. The van der Waals surface area contributed by atoms with Crippen LogP contribution in [0.25, 0.3) is 0 Å². The van der Waals surface area contributed by atoms with E-state index in [2.05, 4.69) is 56.0 Å². The molecule has 2 rings (SSSR count). The van der Waals surface area contributed by atoms with Gasteiger partial charge in [0, 0.05) is 6.54 Å². The molecule has 1 N–H and O–H groups in total. The second kappa shape index (κ2) is 5.65. The van der Waals surface area contributed by atoms with Gasteiger partial charge in [0.15, 0.2) is 0 Å². The average molecular weight is 224 g/mol. The predicted molar refractivity (Wildman–Crippen MR) is 72.6 cm³/mol. The molecular formula is C16H18N. The molecule has 0 bridgehead atoms. The van der Waals surface area contributed by atoms with Crippen LogP contribution in [0.4, 0.5) is 0 Å². The summed E-state index contributed by atoms with van der Waals surface area (Å²) >= 11 is 0. The average Bonchev–Trinajstić information content (AvgIpc) is 2.33. The summed E-state index contributed by atoms with van der Waals surface area (Å²) in [6, 6.07) is 16.9. The maximum atomic E-state index is 3.35. The van der Waals surface area contributed by atoms with E-state index in [0.29, 0.717) is 0 Å². The summed E-state index contributed by atoms with van der Waals surface area (Å²) < 4.78 is 0. The van der Waals surface area contributed by atoms with E-state index in [4.69, 9.17) is 0 Å². The molecule has 17 heavy (non-hydrogen) atoms. The zero-order valence-electron chi connectivity index (χ0n) is 10.4. The normalized spacial score (nSPS) is 10.5. The van der Waals surface area contributed by atoms with E-state index < -0.39 is 0 Å². The van der Waals surface area contributed by atoms with Gasteiger partial charge < -0.3 is 5.32 Å². The largest absolute Gasteiger partial charge is 0.304 e. The van der Waals surface area contributed by atoms with Gasteiger partial charge in [0.1, 0.15) is 0 Å². The van der Waals surface area contributed by atoms with Crippen molar-refractivity contribution in [3.05, 3.63) is 77.3 Å². The highest BCUT2D eigenvalue weighted by atomic mass is 14.8. The third-order valence-electron chi connectivity index (χ3n) is 2.86. The highest BCUT2D eigenvalue weighted by Crippen LogP contribution is 2.10. The minimum absolute atomic E-state index is 0.876. The van der Waals surface area contributed by atoms with Crippen molar-refractivity contribution in [3.8, 4) is 0 Å². The Bertz CT molecular complexity index is 474. The zero-order valence-corrected chi connectivity index (χ0v) is 10.4. The molecule has 0 aromatic heterocycles. The maximum absolute atomic E-state index is 3.35. The van der Waals surface area contributed by atoms with Crippen molar-refractivity contribution in [1.82, 2.24) is 5.32 Å². The van der Waals surface area contributed by atoms with Gasteiger partial charge in [-0.25, -0.2) is 0 Å². The SMILES string of the molecule is Cc1ccc(CN[CH]c2ccccc2)c(C)c1. The fourth-order valence-electron chi connectivity index (χ4n) is 1.87. The molecule has 0 aliphatic carbocycles. The van der Waals surface area contributed by atoms with E-state index in [-0.39, 0.29) is 0 Å². The first-order valence-corrected chi connectivity index (χ1v) is 5.93. The highest BCUT2D eigenvalue weighted by molar-refractivity contribution is 5.30. The standard InChI is InChI=1S/C16H18N/c1-13-8-9-16(14(2)10-13)12-17-11-15-6-4-3-5-7-15/h3-11,17H,12H2,1-2H3. The quantitative estimate of drug-likeness (QED) is 0.836. The van der Waals surface area contributed by atoms with Crippen molar-refractivity contribution < 1.29 is 0 Å². The molecule has 0 heterocycles. The van der Waals surface area contributed by atoms with Gasteiger partial charge in [-0.05, 0) is 30.5 Å². The van der Waals surface area contributed by atoms with E-state index in [9.17, 15) is 0 Å². The van der Waals surface area contributed by atoms with Gasteiger partial charge in [-0.15, -0.1) is 0 Å². The lowest BCUT2D eigenvalue weighted by Crippen LogP contribution is -2.11. The predicted octanol–water partition coefficient (Wildman–Crippen LogP) is 3.60. The van der Waals surface area contributed by atoms with Crippen LogP contribution in [-0.2, 0) is 6.54 Å². The van der Waals surface area contributed by atoms with Gasteiger partial charge in [-0.2, -0.15) is 0 Å². The lowest BCUT2D eigenvalue weighted by atomic mass is 10.1. The Labute approximate surface area is 103 Å². The molecule has 0 unspecified atom stereocenters. The molecule has 87 valence electrons. The molecule has 2 aromatic rings. The molecule has 1 heteroatoms. The second-order valence-electron chi connectivity index (χ2n) is 4.37. The van der Waals surface area contributed by atoms with Crippen LogP contribution in [-0.4, -0.2) is 0 Å². The number of hydrogen-bond donors (Lipinski definition) is 1. The van der Waals surface area contributed by atoms with Crippen LogP contribution in [0.3, 0.4) is 0 Å². The summed E-state index contributed by atoms with van der Waals surface area (Å²) in [5.74, 6) is 0. The van der Waals surface area contributed by atoms with Crippen LogP contribution in [0.5, 0.6) is 0 Å². The van der Waals surface area contributed by atoms with Gasteiger partial charge in [0.05, 0.1) is 6.54 Å². The van der Waals surface area contributed by atoms with Gasteiger partial charge in [0.2, 0.25) is 0 Å². The second-order valence-corrected chi connectivity index (χ2v) is 4.37. The number of benzene rings is 2.